The molecule has 0 aromatic carbocycles. The third-order valence-electron chi connectivity index (χ3n) is 3.26. The summed E-state index contributed by atoms with van der Waals surface area (Å²) in [5, 5.41) is 10.00. The zero-order valence-corrected chi connectivity index (χ0v) is 9.54. The molecule has 14 heavy (non-hydrogen) atoms. The number of unbranched alkanes of at least 4 members (excludes halogenated alkanes) is 2. The molecule has 0 amide bonds. The summed E-state index contributed by atoms with van der Waals surface area (Å²) in [6, 6.07) is 0. The molecule has 1 saturated heterocycles. The Morgan fingerprint density at radius 1 is 1.36 bits per heavy atom. The van der Waals surface area contributed by atoms with Crippen LogP contribution in [-0.4, -0.2) is 23.9 Å². The van der Waals surface area contributed by atoms with Crippen molar-refractivity contribution in [2.75, 3.05) is 6.61 Å². The summed E-state index contributed by atoms with van der Waals surface area (Å²) in [5.74, 6) is 0.400. The van der Waals surface area contributed by atoms with Crippen LogP contribution in [0.4, 0.5) is 0 Å². The van der Waals surface area contributed by atoms with Crippen molar-refractivity contribution in [1.29, 1.82) is 0 Å². The van der Waals surface area contributed by atoms with Gasteiger partial charge in [-0.2, -0.15) is 0 Å². The lowest BCUT2D eigenvalue weighted by molar-refractivity contribution is 0.0268. The van der Waals surface area contributed by atoms with E-state index in [1.807, 2.05) is 0 Å². The minimum Gasteiger partial charge on any atom is -0.393 e. The third kappa shape index (κ3) is 3.25. The molecule has 0 saturated carbocycles. The molecule has 0 bridgehead atoms. The Balaban J connectivity index is 2.24. The molecule has 1 aliphatic rings. The van der Waals surface area contributed by atoms with E-state index in [1.165, 1.54) is 12.8 Å². The summed E-state index contributed by atoms with van der Waals surface area (Å²) in [4.78, 5) is 0. The van der Waals surface area contributed by atoms with E-state index in [9.17, 15) is 5.11 Å². The van der Waals surface area contributed by atoms with Crippen LogP contribution in [0, 0.1) is 5.92 Å². The molecule has 2 nitrogen and oxygen atoms in total. The summed E-state index contributed by atoms with van der Waals surface area (Å²) in [6.45, 7) is 5.18. The van der Waals surface area contributed by atoms with Crippen LogP contribution < -0.4 is 0 Å². The van der Waals surface area contributed by atoms with Crippen molar-refractivity contribution in [1.82, 2.24) is 0 Å². The largest absolute Gasteiger partial charge is 0.393 e. The Morgan fingerprint density at radius 2 is 2.14 bits per heavy atom. The van der Waals surface area contributed by atoms with E-state index in [-0.39, 0.29) is 6.10 Å². The summed E-state index contributed by atoms with van der Waals surface area (Å²) in [7, 11) is 0. The van der Waals surface area contributed by atoms with Crippen molar-refractivity contribution >= 4 is 0 Å². The summed E-state index contributed by atoms with van der Waals surface area (Å²) in [6.07, 6.45) is 6.84. The second-order valence-electron chi connectivity index (χ2n) is 4.33. The van der Waals surface area contributed by atoms with Gasteiger partial charge >= 0.3 is 0 Å². The van der Waals surface area contributed by atoms with Gasteiger partial charge in [-0.3, -0.25) is 0 Å². The molecule has 1 fully saturated rings. The molecule has 2 heteroatoms. The Hall–Kier alpha value is -0.0800. The van der Waals surface area contributed by atoms with Gasteiger partial charge in [-0.05, 0) is 19.3 Å². The lowest BCUT2D eigenvalue weighted by Gasteiger charge is -2.22. The van der Waals surface area contributed by atoms with Crippen LogP contribution in [0.15, 0.2) is 0 Å². The van der Waals surface area contributed by atoms with Crippen molar-refractivity contribution in [3.05, 3.63) is 0 Å². The lowest BCUT2D eigenvalue weighted by atomic mass is 9.90. The smallest absolute Gasteiger partial charge is 0.0626 e. The molecular formula is C12H24O2. The van der Waals surface area contributed by atoms with E-state index in [1.54, 1.807) is 0 Å². The predicted molar refractivity (Wildman–Crippen MR) is 58.3 cm³/mol. The number of aliphatic hydroxyl groups is 1. The van der Waals surface area contributed by atoms with Gasteiger partial charge in [-0.25, -0.2) is 0 Å². The standard InChI is InChI=1S/C12H24O2/c1-3-5-6-7-11(13)10-8-9-14-12(10)4-2/h10-13H,3-9H2,1-2H3. The molecule has 1 N–H and O–H groups in total. The summed E-state index contributed by atoms with van der Waals surface area (Å²) >= 11 is 0. The van der Waals surface area contributed by atoms with Crippen molar-refractivity contribution in [2.45, 2.75) is 64.6 Å². The fraction of sp³-hybridized carbons (Fsp3) is 1.00. The van der Waals surface area contributed by atoms with Gasteiger partial charge in [0.25, 0.3) is 0 Å². The Kier molecular flexibility index (Phi) is 5.49. The van der Waals surface area contributed by atoms with Crippen LogP contribution in [0.1, 0.15) is 52.4 Å². The fourth-order valence-corrected chi connectivity index (χ4v) is 2.34. The quantitative estimate of drug-likeness (QED) is 0.668. The first-order valence-corrected chi connectivity index (χ1v) is 6.09. The first kappa shape index (κ1) is 12.0. The van der Waals surface area contributed by atoms with Crippen LogP contribution in [0.25, 0.3) is 0 Å². The van der Waals surface area contributed by atoms with Crippen molar-refractivity contribution < 1.29 is 9.84 Å². The van der Waals surface area contributed by atoms with E-state index < -0.39 is 0 Å². The topological polar surface area (TPSA) is 29.5 Å². The molecule has 0 aliphatic carbocycles. The molecule has 1 aliphatic heterocycles. The zero-order valence-electron chi connectivity index (χ0n) is 9.54. The molecule has 3 unspecified atom stereocenters. The highest BCUT2D eigenvalue weighted by Crippen LogP contribution is 2.28. The van der Waals surface area contributed by atoms with Crippen LogP contribution in [-0.2, 0) is 4.74 Å². The van der Waals surface area contributed by atoms with E-state index in [2.05, 4.69) is 13.8 Å². The Labute approximate surface area is 87.7 Å². The molecule has 1 heterocycles. The van der Waals surface area contributed by atoms with E-state index in [4.69, 9.17) is 4.74 Å². The van der Waals surface area contributed by atoms with Gasteiger partial charge in [0.2, 0.25) is 0 Å². The average molecular weight is 200 g/mol. The highest BCUT2D eigenvalue weighted by atomic mass is 16.5. The lowest BCUT2D eigenvalue weighted by Crippen LogP contribution is -2.27. The van der Waals surface area contributed by atoms with Gasteiger partial charge < -0.3 is 9.84 Å². The van der Waals surface area contributed by atoms with E-state index in [0.717, 1.165) is 32.3 Å². The average Bonchev–Trinajstić information content (AvgIpc) is 2.65. The first-order valence-electron chi connectivity index (χ1n) is 6.09. The van der Waals surface area contributed by atoms with Gasteiger partial charge in [0.1, 0.15) is 0 Å². The van der Waals surface area contributed by atoms with E-state index >= 15 is 0 Å². The minimum absolute atomic E-state index is 0.131. The van der Waals surface area contributed by atoms with Gasteiger partial charge in [0, 0.05) is 12.5 Å². The molecular weight excluding hydrogens is 176 g/mol. The zero-order chi connectivity index (χ0) is 10.4. The van der Waals surface area contributed by atoms with Crippen molar-refractivity contribution in [3.8, 4) is 0 Å². The SMILES string of the molecule is CCCCCC(O)C1CCOC1CC. The van der Waals surface area contributed by atoms with Crippen molar-refractivity contribution in [2.24, 2.45) is 5.92 Å². The van der Waals surface area contributed by atoms with E-state index in [0.29, 0.717) is 12.0 Å². The normalized spacial score (nSPS) is 29.4. The van der Waals surface area contributed by atoms with Crippen molar-refractivity contribution in [3.63, 3.8) is 0 Å². The molecule has 0 aromatic rings. The number of ether oxygens (including phenoxy) is 1. The predicted octanol–water partition coefficient (Wildman–Crippen LogP) is 2.74. The maximum Gasteiger partial charge on any atom is 0.0626 e. The summed E-state index contributed by atoms with van der Waals surface area (Å²) in [5.41, 5.74) is 0. The molecule has 3 atom stereocenters. The molecule has 0 radical (unpaired) electrons. The van der Waals surface area contributed by atoms with Crippen LogP contribution in [0.3, 0.4) is 0 Å². The number of aliphatic hydroxyl groups excluding tert-OH is 1. The maximum atomic E-state index is 10.00. The Morgan fingerprint density at radius 3 is 2.79 bits per heavy atom. The number of rotatable bonds is 6. The third-order valence-corrected chi connectivity index (χ3v) is 3.26. The minimum atomic E-state index is -0.131. The molecule has 84 valence electrons. The fourth-order valence-electron chi connectivity index (χ4n) is 2.34. The van der Waals surface area contributed by atoms with Crippen LogP contribution >= 0.6 is 0 Å². The highest BCUT2D eigenvalue weighted by Gasteiger charge is 2.31. The monoisotopic (exact) mass is 200 g/mol. The van der Waals surface area contributed by atoms with Gasteiger partial charge in [-0.15, -0.1) is 0 Å². The Bertz CT molecular complexity index is 147. The molecule has 0 spiro atoms. The second-order valence-corrected chi connectivity index (χ2v) is 4.33. The number of hydrogen-bond acceptors (Lipinski definition) is 2. The van der Waals surface area contributed by atoms with Gasteiger partial charge in [0.15, 0.2) is 0 Å². The summed E-state index contributed by atoms with van der Waals surface area (Å²) < 4.78 is 5.58. The number of hydrogen-bond donors (Lipinski definition) is 1. The second kappa shape index (κ2) is 6.41. The molecule has 1 rings (SSSR count). The van der Waals surface area contributed by atoms with Crippen LogP contribution in [0.5, 0.6) is 0 Å². The molecule has 0 aromatic heterocycles. The van der Waals surface area contributed by atoms with Gasteiger partial charge in [-0.1, -0.05) is 33.1 Å². The van der Waals surface area contributed by atoms with Crippen LogP contribution in [0.2, 0.25) is 0 Å². The highest BCUT2D eigenvalue weighted by molar-refractivity contribution is 4.81. The maximum absolute atomic E-state index is 10.00. The first-order chi connectivity index (χ1) is 6.79. The van der Waals surface area contributed by atoms with Gasteiger partial charge in [0.05, 0.1) is 12.2 Å².